The predicted molar refractivity (Wildman–Crippen MR) is 137 cm³/mol. The Hall–Kier alpha value is -4.37. The fourth-order valence-electron chi connectivity index (χ4n) is 3.17. The molecule has 0 spiro atoms. The van der Waals surface area contributed by atoms with Crippen molar-refractivity contribution in [1.29, 1.82) is 0 Å². The molecule has 9 heteroatoms. The van der Waals surface area contributed by atoms with Crippen LogP contribution in [0.25, 0.3) is 6.08 Å². The minimum Gasteiger partial charge on any atom is -0.332 e. The highest BCUT2D eigenvalue weighted by Crippen LogP contribution is 2.19. The van der Waals surface area contributed by atoms with Crippen molar-refractivity contribution in [3.63, 3.8) is 0 Å². The summed E-state index contributed by atoms with van der Waals surface area (Å²) in [5, 5.41) is 16.3. The minimum atomic E-state index is -0.505. The van der Waals surface area contributed by atoms with Crippen molar-refractivity contribution in [2.24, 2.45) is 0 Å². The fraction of sp³-hybridized carbons (Fsp3) is 0.0800. The molecule has 0 aromatic heterocycles. The Morgan fingerprint density at radius 1 is 1.03 bits per heavy atom. The third-order valence-electron chi connectivity index (χ3n) is 4.74. The summed E-state index contributed by atoms with van der Waals surface area (Å²) >= 11 is 5.20. The summed E-state index contributed by atoms with van der Waals surface area (Å²) in [6.07, 6.45) is 2.68. The summed E-state index contributed by atoms with van der Waals surface area (Å²) in [7, 11) is 0. The first-order chi connectivity index (χ1) is 16.4. The third kappa shape index (κ3) is 6.57. The van der Waals surface area contributed by atoms with Gasteiger partial charge < -0.3 is 10.2 Å². The molecule has 0 bridgehead atoms. The van der Waals surface area contributed by atoms with E-state index in [0.29, 0.717) is 23.4 Å². The molecule has 0 atom stereocenters. The average molecular weight is 475 g/mol. The SMILES string of the molecule is CCN(C(=O)c1cccc(NC(=S)NC(=O)/C=C/c2cccc([N+](=O)[O-])c2)c1)c1ccccc1. The van der Waals surface area contributed by atoms with E-state index < -0.39 is 10.8 Å². The number of carbonyl (C=O) groups is 2. The number of hydrogen-bond acceptors (Lipinski definition) is 5. The molecule has 0 unspecified atom stereocenters. The summed E-state index contributed by atoms with van der Waals surface area (Å²) in [4.78, 5) is 37.2. The van der Waals surface area contributed by atoms with Gasteiger partial charge in [0.15, 0.2) is 5.11 Å². The molecular weight excluding hydrogens is 452 g/mol. The lowest BCUT2D eigenvalue weighted by Gasteiger charge is -2.21. The first kappa shape index (κ1) is 24.3. The molecule has 172 valence electrons. The zero-order valence-corrected chi connectivity index (χ0v) is 19.1. The number of thiocarbonyl (C=S) groups is 1. The van der Waals surface area contributed by atoms with Crippen LogP contribution in [0.15, 0.2) is 84.9 Å². The van der Waals surface area contributed by atoms with Crippen LogP contribution in [0.2, 0.25) is 0 Å². The fourth-order valence-corrected chi connectivity index (χ4v) is 3.39. The average Bonchev–Trinajstić information content (AvgIpc) is 2.84. The first-order valence-electron chi connectivity index (χ1n) is 10.4. The maximum absolute atomic E-state index is 13.0. The molecule has 8 nitrogen and oxygen atoms in total. The van der Waals surface area contributed by atoms with Gasteiger partial charge in [-0.15, -0.1) is 0 Å². The molecule has 0 aliphatic carbocycles. The van der Waals surface area contributed by atoms with Crippen LogP contribution in [0, 0.1) is 10.1 Å². The number of benzene rings is 3. The molecule has 2 amide bonds. The number of amides is 2. The van der Waals surface area contributed by atoms with Gasteiger partial charge in [-0.05, 0) is 61.1 Å². The molecule has 34 heavy (non-hydrogen) atoms. The number of hydrogen-bond donors (Lipinski definition) is 2. The second kappa shape index (κ2) is 11.5. The maximum Gasteiger partial charge on any atom is 0.270 e. The Balaban J connectivity index is 1.62. The van der Waals surface area contributed by atoms with Crippen LogP contribution in [0.4, 0.5) is 17.1 Å². The summed E-state index contributed by atoms with van der Waals surface area (Å²) in [5.41, 5.74) is 2.25. The molecule has 0 aliphatic heterocycles. The highest BCUT2D eigenvalue weighted by atomic mass is 32.1. The zero-order chi connectivity index (χ0) is 24.5. The van der Waals surface area contributed by atoms with E-state index in [1.807, 2.05) is 37.3 Å². The number of nitro benzene ring substituents is 1. The number of anilines is 2. The Bertz CT molecular complexity index is 1240. The van der Waals surface area contributed by atoms with Crippen molar-refractivity contribution in [3.05, 3.63) is 106 Å². The van der Waals surface area contributed by atoms with E-state index in [1.54, 1.807) is 35.2 Å². The second-order valence-electron chi connectivity index (χ2n) is 7.09. The van der Waals surface area contributed by atoms with E-state index in [9.17, 15) is 19.7 Å². The Morgan fingerprint density at radius 3 is 2.47 bits per heavy atom. The molecule has 0 fully saturated rings. The minimum absolute atomic E-state index is 0.0497. The lowest BCUT2D eigenvalue weighted by molar-refractivity contribution is -0.384. The molecule has 0 radical (unpaired) electrons. The molecule has 3 aromatic carbocycles. The standard InChI is InChI=1S/C25H22N4O4S/c1-2-28(21-11-4-3-5-12-21)24(31)19-9-7-10-20(17-19)26-25(34)27-23(30)15-14-18-8-6-13-22(16-18)29(32)33/h3-17H,2H2,1H3,(H2,26,27,30,34)/b15-14+. The van der Waals surface area contributed by atoms with E-state index >= 15 is 0 Å². The van der Waals surface area contributed by atoms with E-state index in [4.69, 9.17) is 12.2 Å². The van der Waals surface area contributed by atoms with Gasteiger partial charge in [0, 0.05) is 41.7 Å². The van der Waals surface area contributed by atoms with Crippen molar-refractivity contribution in [1.82, 2.24) is 5.32 Å². The highest BCUT2D eigenvalue weighted by molar-refractivity contribution is 7.80. The second-order valence-corrected chi connectivity index (χ2v) is 7.50. The van der Waals surface area contributed by atoms with Crippen molar-refractivity contribution < 1.29 is 14.5 Å². The lowest BCUT2D eigenvalue weighted by atomic mass is 10.1. The highest BCUT2D eigenvalue weighted by Gasteiger charge is 2.16. The van der Waals surface area contributed by atoms with Crippen molar-refractivity contribution in [2.45, 2.75) is 6.92 Å². The number of para-hydroxylation sites is 1. The quantitative estimate of drug-likeness (QED) is 0.221. The number of rotatable bonds is 7. The molecule has 0 saturated heterocycles. The molecular formula is C25H22N4O4S. The molecule has 0 aliphatic rings. The van der Waals surface area contributed by atoms with Crippen molar-refractivity contribution in [2.75, 3.05) is 16.8 Å². The van der Waals surface area contributed by atoms with E-state index in [0.717, 1.165) is 5.69 Å². The molecule has 3 aromatic rings. The van der Waals surface area contributed by atoms with Gasteiger partial charge in [0.25, 0.3) is 11.6 Å². The number of nitro groups is 1. The number of carbonyl (C=O) groups excluding carboxylic acids is 2. The molecule has 0 heterocycles. The van der Waals surface area contributed by atoms with Crippen LogP contribution < -0.4 is 15.5 Å². The van der Waals surface area contributed by atoms with Crippen LogP contribution in [0.3, 0.4) is 0 Å². The van der Waals surface area contributed by atoms with Crippen LogP contribution in [-0.4, -0.2) is 28.4 Å². The van der Waals surface area contributed by atoms with Gasteiger partial charge in [-0.3, -0.25) is 25.0 Å². The molecule has 0 saturated carbocycles. The maximum atomic E-state index is 13.0. The van der Waals surface area contributed by atoms with Gasteiger partial charge in [0.2, 0.25) is 5.91 Å². The van der Waals surface area contributed by atoms with E-state index in [2.05, 4.69) is 10.6 Å². The van der Waals surface area contributed by atoms with Crippen LogP contribution >= 0.6 is 12.2 Å². The van der Waals surface area contributed by atoms with Crippen molar-refractivity contribution >= 4 is 52.3 Å². The topological polar surface area (TPSA) is 105 Å². The first-order valence-corrected chi connectivity index (χ1v) is 10.8. The number of non-ortho nitro benzene ring substituents is 1. The normalized spacial score (nSPS) is 10.5. The summed E-state index contributed by atoms with van der Waals surface area (Å²) in [6, 6.07) is 22.1. The van der Waals surface area contributed by atoms with Gasteiger partial charge in [0.1, 0.15) is 0 Å². The Morgan fingerprint density at radius 2 is 1.76 bits per heavy atom. The molecule has 3 rings (SSSR count). The number of nitrogens with zero attached hydrogens (tertiary/aromatic N) is 2. The monoisotopic (exact) mass is 474 g/mol. The predicted octanol–water partition coefficient (Wildman–Crippen LogP) is 4.79. The largest absolute Gasteiger partial charge is 0.332 e. The van der Waals surface area contributed by atoms with E-state index in [-0.39, 0.29) is 16.7 Å². The smallest absolute Gasteiger partial charge is 0.270 e. The Kier molecular flexibility index (Phi) is 8.20. The molecule has 2 N–H and O–H groups in total. The van der Waals surface area contributed by atoms with E-state index in [1.165, 1.54) is 30.4 Å². The summed E-state index contributed by atoms with van der Waals surface area (Å²) < 4.78 is 0. The van der Waals surface area contributed by atoms with Crippen LogP contribution in [0.5, 0.6) is 0 Å². The lowest BCUT2D eigenvalue weighted by Crippen LogP contribution is -2.33. The van der Waals surface area contributed by atoms with Gasteiger partial charge in [-0.25, -0.2) is 0 Å². The van der Waals surface area contributed by atoms with Gasteiger partial charge in [0.05, 0.1) is 4.92 Å². The van der Waals surface area contributed by atoms with Crippen molar-refractivity contribution in [3.8, 4) is 0 Å². The summed E-state index contributed by atoms with van der Waals surface area (Å²) in [6.45, 7) is 2.41. The van der Waals surface area contributed by atoms with Crippen LogP contribution in [-0.2, 0) is 4.79 Å². The summed E-state index contributed by atoms with van der Waals surface area (Å²) in [5.74, 6) is -0.662. The number of nitrogens with one attached hydrogen (secondary N) is 2. The van der Waals surface area contributed by atoms with Gasteiger partial charge in [-0.1, -0.05) is 36.4 Å². The van der Waals surface area contributed by atoms with Crippen LogP contribution in [0.1, 0.15) is 22.8 Å². The van der Waals surface area contributed by atoms with Gasteiger partial charge >= 0.3 is 0 Å². The third-order valence-corrected chi connectivity index (χ3v) is 4.95. The Labute approximate surface area is 202 Å². The zero-order valence-electron chi connectivity index (χ0n) is 18.3. The van der Waals surface area contributed by atoms with Gasteiger partial charge in [-0.2, -0.15) is 0 Å².